The van der Waals surface area contributed by atoms with Crippen LogP contribution in [0.3, 0.4) is 0 Å². The van der Waals surface area contributed by atoms with Gasteiger partial charge in [-0.25, -0.2) is 0 Å². The SMILES string of the molecule is CCCC(CO)(CO)CC1CCC(C)(C)O1. The number of hydrogen-bond acceptors (Lipinski definition) is 3. The van der Waals surface area contributed by atoms with Crippen LogP contribution in [0.2, 0.25) is 0 Å². The van der Waals surface area contributed by atoms with Gasteiger partial charge in [-0.1, -0.05) is 13.3 Å². The third kappa shape index (κ3) is 3.44. The second-order valence-electron chi connectivity index (χ2n) is 5.81. The predicted molar refractivity (Wildman–Crippen MR) is 64.3 cm³/mol. The van der Waals surface area contributed by atoms with Crippen LogP contribution in [-0.2, 0) is 4.74 Å². The van der Waals surface area contributed by atoms with Crippen LogP contribution in [0.25, 0.3) is 0 Å². The van der Waals surface area contributed by atoms with Gasteiger partial charge >= 0.3 is 0 Å². The zero-order valence-electron chi connectivity index (χ0n) is 10.8. The predicted octanol–water partition coefficient (Wildman–Crippen LogP) is 2.11. The lowest BCUT2D eigenvalue weighted by molar-refractivity contribution is -0.0579. The molecule has 1 atom stereocenters. The van der Waals surface area contributed by atoms with Gasteiger partial charge in [-0.3, -0.25) is 0 Å². The molecule has 1 heterocycles. The maximum Gasteiger partial charge on any atom is 0.0631 e. The van der Waals surface area contributed by atoms with Crippen molar-refractivity contribution in [2.24, 2.45) is 5.41 Å². The van der Waals surface area contributed by atoms with Gasteiger partial charge in [-0.05, 0) is 39.5 Å². The maximum absolute atomic E-state index is 9.48. The van der Waals surface area contributed by atoms with Gasteiger partial charge in [-0.15, -0.1) is 0 Å². The van der Waals surface area contributed by atoms with Crippen LogP contribution in [0.1, 0.15) is 52.9 Å². The van der Waals surface area contributed by atoms with Gasteiger partial charge in [0.25, 0.3) is 0 Å². The fraction of sp³-hybridized carbons (Fsp3) is 1.00. The van der Waals surface area contributed by atoms with Crippen molar-refractivity contribution in [1.82, 2.24) is 0 Å². The van der Waals surface area contributed by atoms with Crippen molar-refractivity contribution in [3.63, 3.8) is 0 Å². The molecular weight excluding hydrogens is 204 g/mol. The van der Waals surface area contributed by atoms with E-state index < -0.39 is 0 Å². The van der Waals surface area contributed by atoms with Gasteiger partial charge in [0.15, 0.2) is 0 Å². The first-order valence-electron chi connectivity index (χ1n) is 6.36. The Bertz CT molecular complexity index is 209. The van der Waals surface area contributed by atoms with Crippen LogP contribution in [0.15, 0.2) is 0 Å². The molecule has 96 valence electrons. The first kappa shape index (κ1) is 13.9. The standard InChI is InChI=1S/C13H26O3/c1-4-6-13(9-14,10-15)8-11-5-7-12(2,3)16-11/h11,14-15H,4-10H2,1-3H3. The van der Waals surface area contributed by atoms with E-state index >= 15 is 0 Å². The molecule has 0 saturated carbocycles. The Morgan fingerprint density at radius 1 is 1.31 bits per heavy atom. The summed E-state index contributed by atoms with van der Waals surface area (Å²) in [6.07, 6.45) is 4.92. The zero-order valence-corrected chi connectivity index (χ0v) is 10.8. The smallest absolute Gasteiger partial charge is 0.0631 e. The topological polar surface area (TPSA) is 49.7 Å². The summed E-state index contributed by atoms with van der Waals surface area (Å²) in [6.45, 7) is 6.40. The number of aliphatic hydroxyl groups is 2. The summed E-state index contributed by atoms with van der Waals surface area (Å²) in [4.78, 5) is 0. The van der Waals surface area contributed by atoms with E-state index in [9.17, 15) is 10.2 Å². The van der Waals surface area contributed by atoms with Gasteiger partial charge in [0, 0.05) is 5.41 Å². The van der Waals surface area contributed by atoms with Gasteiger partial charge in [-0.2, -0.15) is 0 Å². The second-order valence-corrected chi connectivity index (χ2v) is 5.81. The number of hydrogen-bond donors (Lipinski definition) is 2. The minimum absolute atomic E-state index is 0.0342. The Balaban J connectivity index is 2.55. The van der Waals surface area contributed by atoms with Crippen LogP contribution < -0.4 is 0 Å². The number of aliphatic hydroxyl groups excluding tert-OH is 2. The third-order valence-corrected chi connectivity index (χ3v) is 3.67. The van der Waals surface area contributed by atoms with Crippen molar-refractivity contribution in [2.45, 2.75) is 64.6 Å². The van der Waals surface area contributed by atoms with Crippen LogP contribution in [-0.4, -0.2) is 35.1 Å². The summed E-state index contributed by atoms with van der Waals surface area (Å²) in [7, 11) is 0. The molecule has 0 aromatic rings. The maximum atomic E-state index is 9.48. The Morgan fingerprint density at radius 3 is 2.31 bits per heavy atom. The van der Waals surface area contributed by atoms with Gasteiger partial charge in [0.1, 0.15) is 0 Å². The van der Waals surface area contributed by atoms with E-state index in [-0.39, 0.29) is 30.3 Å². The summed E-state index contributed by atoms with van der Waals surface area (Å²) >= 11 is 0. The van der Waals surface area contributed by atoms with Crippen molar-refractivity contribution >= 4 is 0 Å². The summed E-state index contributed by atoms with van der Waals surface area (Å²) in [5, 5.41) is 19.0. The molecule has 0 spiro atoms. The van der Waals surface area contributed by atoms with Gasteiger partial charge < -0.3 is 14.9 Å². The Kier molecular flexibility index (Phi) is 4.77. The van der Waals surface area contributed by atoms with E-state index in [1.165, 1.54) is 0 Å². The van der Waals surface area contributed by atoms with E-state index in [2.05, 4.69) is 20.8 Å². The van der Waals surface area contributed by atoms with Crippen molar-refractivity contribution in [3.8, 4) is 0 Å². The molecule has 1 unspecified atom stereocenters. The molecule has 0 amide bonds. The first-order valence-corrected chi connectivity index (χ1v) is 6.36. The van der Waals surface area contributed by atoms with Crippen LogP contribution in [0.4, 0.5) is 0 Å². The average molecular weight is 230 g/mol. The fourth-order valence-electron chi connectivity index (χ4n) is 2.67. The van der Waals surface area contributed by atoms with Crippen LogP contribution in [0.5, 0.6) is 0 Å². The van der Waals surface area contributed by atoms with E-state index in [1.54, 1.807) is 0 Å². The lowest BCUT2D eigenvalue weighted by atomic mass is 9.79. The van der Waals surface area contributed by atoms with Crippen LogP contribution >= 0.6 is 0 Å². The summed E-state index contributed by atoms with van der Waals surface area (Å²) in [6, 6.07) is 0. The van der Waals surface area contributed by atoms with E-state index in [0.29, 0.717) is 0 Å². The monoisotopic (exact) mass is 230 g/mol. The Labute approximate surface area is 98.8 Å². The van der Waals surface area contributed by atoms with Crippen molar-refractivity contribution in [1.29, 1.82) is 0 Å². The highest BCUT2D eigenvalue weighted by Gasteiger charge is 2.38. The van der Waals surface area contributed by atoms with Crippen LogP contribution in [0, 0.1) is 5.41 Å². The molecule has 0 radical (unpaired) electrons. The molecule has 1 aliphatic heterocycles. The molecule has 0 aromatic heterocycles. The van der Waals surface area contributed by atoms with Crippen molar-refractivity contribution in [3.05, 3.63) is 0 Å². The number of rotatable bonds is 6. The van der Waals surface area contributed by atoms with E-state index in [0.717, 1.165) is 32.1 Å². The average Bonchev–Trinajstić information content (AvgIpc) is 2.57. The lowest BCUT2D eigenvalue weighted by Gasteiger charge is -2.32. The minimum Gasteiger partial charge on any atom is -0.396 e. The number of ether oxygens (including phenoxy) is 1. The normalized spacial score (nSPS) is 24.9. The highest BCUT2D eigenvalue weighted by atomic mass is 16.5. The van der Waals surface area contributed by atoms with Gasteiger partial charge in [0.2, 0.25) is 0 Å². The van der Waals surface area contributed by atoms with E-state index in [4.69, 9.17) is 4.74 Å². The molecule has 0 aliphatic carbocycles. The molecular formula is C13H26O3. The molecule has 1 fully saturated rings. The summed E-state index contributed by atoms with van der Waals surface area (Å²) in [5.41, 5.74) is -0.382. The van der Waals surface area contributed by atoms with E-state index in [1.807, 2.05) is 0 Å². The molecule has 1 saturated heterocycles. The highest BCUT2D eigenvalue weighted by molar-refractivity contribution is 4.87. The molecule has 0 bridgehead atoms. The van der Waals surface area contributed by atoms with Gasteiger partial charge in [0.05, 0.1) is 24.9 Å². The lowest BCUT2D eigenvalue weighted by Crippen LogP contribution is -2.34. The summed E-state index contributed by atoms with van der Waals surface area (Å²) < 4.78 is 5.93. The minimum atomic E-state index is -0.347. The molecule has 3 nitrogen and oxygen atoms in total. The largest absolute Gasteiger partial charge is 0.396 e. The first-order chi connectivity index (χ1) is 7.47. The second kappa shape index (κ2) is 5.48. The highest BCUT2D eigenvalue weighted by Crippen LogP contribution is 2.37. The van der Waals surface area contributed by atoms with Crippen molar-refractivity contribution < 1.29 is 14.9 Å². The molecule has 0 aromatic carbocycles. The molecule has 3 heteroatoms. The third-order valence-electron chi connectivity index (χ3n) is 3.67. The Hall–Kier alpha value is -0.120. The Morgan fingerprint density at radius 2 is 1.94 bits per heavy atom. The molecule has 1 rings (SSSR count). The molecule has 16 heavy (non-hydrogen) atoms. The fourth-order valence-corrected chi connectivity index (χ4v) is 2.67. The quantitative estimate of drug-likeness (QED) is 0.734. The molecule has 2 N–H and O–H groups in total. The van der Waals surface area contributed by atoms with Crippen molar-refractivity contribution in [2.75, 3.05) is 13.2 Å². The zero-order chi connectivity index (χ0) is 12.2. The summed E-state index contributed by atoms with van der Waals surface area (Å²) in [5.74, 6) is 0. The molecule has 1 aliphatic rings.